The molecule has 0 spiro atoms. The number of benzene rings is 1. The van der Waals surface area contributed by atoms with Crippen molar-refractivity contribution in [1.29, 1.82) is 0 Å². The van der Waals surface area contributed by atoms with Crippen molar-refractivity contribution in [3.8, 4) is 5.75 Å². The molecule has 0 unspecified atom stereocenters. The van der Waals surface area contributed by atoms with E-state index in [2.05, 4.69) is 16.0 Å². The first-order valence-corrected chi connectivity index (χ1v) is 7.79. The fourth-order valence-electron chi connectivity index (χ4n) is 2.86. The number of carbonyl (C=O) groups is 2. The Morgan fingerprint density at radius 2 is 2.18 bits per heavy atom. The summed E-state index contributed by atoms with van der Waals surface area (Å²) in [7, 11) is 0. The van der Waals surface area contributed by atoms with Gasteiger partial charge in [-0.05, 0) is 30.9 Å². The molecular weight excluding hydrogens is 282 g/mol. The van der Waals surface area contributed by atoms with Crippen molar-refractivity contribution in [2.45, 2.75) is 37.8 Å². The van der Waals surface area contributed by atoms with Crippen LogP contribution in [0.15, 0.2) is 24.3 Å². The van der Waals surface area contributed by atoms with Crippen molar-refractivity contribution >= 4 is 11.9 Å². The predicted molar refractivity (Wildman–Crippen MR) is 81.7 cm³/mol. The van der Waals surface area contributed by atoms with Gasteiger partial charge in [-0.3, -0.25) is 4.79 Å². The number of rotatable bonds is 3. The van der Waals surface area contributed by atoms with Gasteiger partial charge in [0.15, 0.2) is 0 Å². The van der Waals surface area contributed by atoms with Crippen molar-refractivity contribution in [1.82, 2.24) is 16.0 Å². The molecule has 0 aliphatic carbocycles. The Hall–Kier alpha value is -2.24. The predicted octanol–water partition coefficient (Wildman–Crippen LogP) is 0.958. The van der Waals surface area contributed by atoms with Crippen LogP contribution in [0.25, 0.3) is 0 Å². The fraction of sp³-hybridized carbons (Fsp3) is 0.500. The second-order valence-corrected chi connectivity index (χ2v) is 5.75. The van der Waals surface area contributed by atoms with Gasteiger partial charge in [0.05, 0.1) is 6.54 Å². The molecule has 2 heterocycles. The van der Waals surface area contributed by atoms with Gasteiger partial charge in [0.2, 0.25) is 5.91 Å². The monoisotopic (exact) mass is 303 g/mol. The van der Waals surface area contributed by atoms with Crippen LogP contribution < -0.4 is 20.7 Å². The number of para-hydroxylation sites is 1. The highest BCUT2D eigenvalue weighted by Gasteiger charge is 2.25. The van der Waals surface area contributed by atoms with E-state index in [1.54, 1.807) is 0 Å². The molecule has 118 valence electrons. The maximum Gasteiger partial charge on any atom is 0.315 e. The summed E-state index contributed by atoms with van der Waals surface area (Å²) in [6.45, 7) is 1.11. The van der Waals surface area contributed by atoms with Crippen LogP contribution in [0.1, 0.15) is 24.8 Å². The minimum Gasteiger partial charge on any atom is -0.488 e. The van der Waals surface area contributed by atoms with Gasteiger partial charge in [0.25, 0.3) is 0 Å². The number of urea groups is 1. The van der Waals surface area contributed by atoms with E-state index in [1.807, 2.05) is 24.3 Å². The van der Waals surface area contributed by atoms with E-state index in [0.717, 1.165) is 30.6 Å². The van der Waals surface area contributed by atoms with Crippen LogP contribution in [-0.2, 0) is 11.2 Å². The number of fused-ring (bicyclic) bond motifs is 1. The second-order valence-electron chi connectivity index (χ2n) is 5.75. The molecule has 1 saturated heterocycles. The largest absolute Gasteiger partial charge is 0.488 e. The van der Waals surface area contributed by atoms with E-state index >= 15 is 0 Å². The average Bonchev–Trinajstić information content (AvgIpc) is 2.83. The van der Waals surface area contributed by atoms with Gasteiger partial charge in [-0.1, -0.05) is 18.2 Å². The van der Waals surface area contributed by atoms with E-state index in [4.69, 9.17) is 4.74 Å². The quantitative estimate of drug-likeness (QED) is 0.778. The third-order valence-electron chi connectivity index (χ3n) is 4.04. The molecule has 3 amide bonds. The fourth-order valence-corrected chi connectivity index (χ4v) is 2.86. The van der Waals surface area contributed by atoms with Crippen molar-refractivity contribution in [2.75, 3.05) is 13.1 Å². The number of amides is 3. The number of hydrogen-bond donors (Lipinski definition) is 3. The molecular formula is C16H21N3O3. The van der Waals surface area contributed by atoms with Crippen LogP contribution in [0.5, 0.6) is 5.75 Å². The summed E-state index contributed by atoms with van der Waals surface area (Å²) < 4.78 is 5.77. The highest BCUT2D eigenvalue weighted by Crippen LogP contribution is 2.27. The zero-order valence-corrected chi connectivity index (χ0v) is 12.4. The Balaban J connectivity index is 1.44. The molecule has 22 heavy (non-hydrogen) atoms. The summed E-state index contributed by atoms with van der Waals surface area (Å²) in [4.78, 5) is 23.7. The van der Waals surface area contributed by atoms with Gasteiger partial charge in [-0.2, -0.15) is 0 Å². The summed E-state index contributed by atoms with van der Waals surface area (Å²) in [5.41, 5.74) is 1.16. The molecule has 1 aromatic carbocycles. The first-order valence-electron chi connectivity index (χ1n) is 7.79. The molecule has 1 aromatic rings. The van der Waals surface area contributed by atoms with Crippen LogP contribution in [-0.4, -0.2) is 37.2 Å². The van der Waals surface area contributed by atoms with Crippen molar-refractivity contribution in [2.24, 2.45) is 0 Å². The molecule has 0 aromatic heterocycles. The molecule has 1 fully saturated rings. The molecule has 3 rings (SSSR count). The van der Waals surface area contributed by atoms with E-state index < -0.39 is 6.04 Å². The van der Waals surface area contributed by atoms with Crippen LogP contribution in [0.3, 0.4) is 0 Å². The van der Waals surface area contributed by atoms with E-state index in [-0.39, 0.29) is 18.0 Å². The van der Waals surface area contributed by atoms with Crippen LogP contribution in [0.4, 0.5) is 4.79 Å². The van der Waals surface area contributed by atoms with Gasteiger partial charge in [-0.15, -0.1) is 0 Å². The Bertz CT molecular complexity index is 536. The van der Waals surface area contributed by atoms with Crippen LogP contribution in [0, 0.1) is 0 Å². The smallest absolute Gasteiger partial charge is 0.315 e. The van der Waals surface area contributed by atoms with E-state index in [9.17, 15) is 9.59 Å². The summed E-state index contributed by atoms with van der Waals surface area (Å²) in [6, 6.07) is 7.13. The molecule has 0 radical (unpaired) electrons. The lowest BCUT2D eigenvalue weighted by molar-refractivity contribution is -0.122. The van der Waals surface area contributed by atoms with Crippen molar-refractivity contribution in [3.63, 3.8) is 0 Å². The van der Waals surface area contributed by atoms with E-state index in [1.165, 1.54) is 0 Å². The third-order valence-corrected chi connectivity index (χ3v) is 4.04. The first kappa shape index (κ1) is 14.7. The molecule has 6 nitrogen and oxygen atoms in total. The molecule has 0 bridgehead atoms. The standard InChI is InChI=1S/C16H21N3O3/c20-15-13(6-3-4-8-17-15)19-16(21)18-10-12-9-11-5-1-2-7-14(11)22-12/h1-2,5,7,12-13H,3-4,6,8-10H2,(H,17,20)(H2,18,19,21)/t12-,13-/m1/s1. The maximum atomic E-state index is 11.9. The Labute approximate surface area is 129 Å². The SMILES string of the molecule is O=C(NC[C@H]1Cc2ccccc2O1)N[C@@H]1CCCCNC1=O. The summed E-state index contributed by atoms with van der Waals surface area (Å²) in [5.74, 6) is 0.787. The normalized spacial score (nSPS) is 23.7. The van der Waals surface area contributed by atoms with E-state index in [0.29, 0.717) is 19.5 Å². The summed E-state index contributed by atoms with van der Waals surface area (Å²) >= 11 is 0. The number of carbonyl (C=O) groups excluding carboxylic acids is 2. The zero-order chi connectivity index (χ0) is 15.4. The number of hydrogen-bond acceptors (Lipinski definition) is 3. The van der Waals surface area contributed by atoms with Crippen molar-refractivity contribution < 1.29 is 14.3 Å². The molecule has 6 heteroatoms. The minimum atomic E-state index is -0.441. The minimum absolute atomic E-state index is 0.0499. The summed E-state index contributed by atoms with van der Waals surface area (Å²) in [5, 5.41) is 8.33. The summed E-state index contributed by atoms with van der Waals surface area (Å²) in [6.07, 6.45) is 3.32. The van der Waals surface area contributed by atoms with Gasteiger partial charge in [0.1, 0.15) is 17.9 Å². The lowest BCUT2D eigenvalue weighted by atomic mass is 10.1. The van der Waals surface area contributed by atoms with Crippen molar-refractivity contribution in [3.05, 3.63) is 29.8 Å². The highest BCUT2D eigenvalue weighted by atomic mass is 16.5. The maximum absolute atomic E-state index is 11.9. The van der Waals surface area contributed by atoms with Crippen LogP contribution >= 0.6 is 0 Å². The van der Waals surface area contributed by atoms with Gasteiger partial charge in [0, 0.05) is 13.0 Å². The lowest BCUT2D eigenvalue weighted by Gasteiger charge is -2.17. The number of ether oxygens (including phenoxy) is 1. The van der Waals surface area contributed by atoms with Gasteiger partial charge in [-0.25, -0.2) is 4.79 Å². The highest BCUT2D eigenvalue weighted by molar-refractivity contribution is 5.87. The Kier molecular flexibility index (Phi) is 4.46. The molecule has 2 aliphatic heterocycles. The molecule has 2 atom stereocenters. The average molecular weight is 303 g/mol. The third kappa shape index (κ3) is 3.50. The molecule has 2 aliphatic rings. The van der Waals surface area contributed by atoms with Gasteiger partial charge < -0.3 is 20.7 Å². The lowest BCUT2D eigenvalue weighted by Crippen LogP contribution is -2.50. The topological polar surface area (TPSA) is 79.5 Å². The number of nitrogens with one attached hydrogen (secondary N) is 3. The zero-order valence-electron chi connectivity index (χ0n) is 12.4. The van der Waals surface area contributed by atoms with Crippen LogP contribution in [0.2, 0.25) is 0 Å². The second kappa shape index (κ2) is 6.68. The first-order chi connectivity index (χ1) is 10.7. The van der Waals surface area contributed by atoms with Gasteiger partial charge >= 0.3 is 6.03 Å². The Morgan fingerprint density at radius 3 is 3.05 bits per heavy atom. The molecule has 3 N–H and O–H groups in total. The Morgan fingerprint density at radius 1 is 1.32 bits per heavy atom. The molecule has 0 saturated carbocycles.